The molecule has 1 fully saturated rings. The minimum absolute atomic E-state index is 0.480. The monoisotopic (exact) mass is 276 g/mol. The molecule has 0 aliphatic carbocycles. The summed E-state index contributed by atoms with van der Waals surface area (Å²) in [5.41, 5.74) is 7.18. The van der Waals surface area contributed by atoms with E-state index in [9.17, 15) is 0 Å². The van der Waals surface area contributed by atoms with Crippen LogP contribution in [0.3, 0.4) is 0 Å². The van der Waals surface area contributed by atoms with E-state index in [4.69, 9.17) is 10.5 Å². The van der Waals surface area contributed by atoms with Gasteiger partial charge in [0.25, 0.3) is 0 Å². The van der Waals surface area contributed by atoms with Crippen LogP contribution in [-0.4, -0.2) is 37.7 Å². The van der Waals surface area contributed by atoms with Crippen LogP contribution in [0.4, 0.5) is 0 Å². The standard InChI is InChI=1S/C17H28N2O/c1-3-19-10-8-15(9-11-19)16(12-18)13-20-17-7-5-4-6-14(17)2/h4-7,15-16H,3,8-13,18H2,1-2H3. The zero-order valence-electron chi connectivity index (χ0n) is 12.8. The summed E-state index contributed by atoms with van der Waals surface area (Å²) in [6, 6.07) is 8.21. The minimum atomic E-state index is 0.480. The Balaban J connectivity index is 1.85. The Hall–Kier alpha value is -1.06. The molecule has 0 saturated carbocycles. The molecule has 1 aliphatic heterocycles. The first kappa shape index (κ1) is 15.3. The number of hydrogen-bond donors (Lipinski definition) is 1. The summed E-state index contributed by atoms with van der Waals surface area (Å²) in [5, 5.41) is 0. The maximum absolute atomic E-state index is 6.00. The zero-order chi connectivity index (χ0) is 14.4. The van der Waals surface area contributed by atoms with Crippen molar-refractivity contribution in [3.63, 3.8) is 0 Å². The maximum atomic E-state index is 6.00. The number of ether oxygens (including phenoxy) is 1. The molecule has 0 spiro atoms. The van der Waals surface area contributed by atoms with Gasteiger partial charge in [-0.2, -0.15) is 0 Å². The summed E-state index contributed by atoms with van der Waals surface area (Å²) < 4.78 is 6.00. The summed E-state index contributed by atoms with van der Waals surface area (Å²) in [6.45, 7) is 9.39. The lowest BCUT2D eigenvalue weighted by Crippen LogP contribution is -2.39. The van der Waals surface area contributed by atoms with E-state index in [1.165, 1.54) is 38.0 Å². The molecule has 1 aromatic rings. The van der Waals surface area contributed by atoms with Crippen LogP contribution < -0.4 is 10.5 Å². The molecule has 3 heteroatoms. The van der Waals surface area contributed by atoms with E-state index in [2.05, 4.69) is 24.8 Å². The molecule has 1 saturated heterocycles. The molecule has 2 rings (SSSR count). The Morgan fingerprint density at radius 1 is 1.30 bits per heavy atom. The number of hydrogen-bond acceptors (Lipinski definition) is 3. The van der Waals surface area contributed by atoms with Gasteiger partial charge in [0.05, 0.1) is 6.61 Å². The first-order chi connectivity index (χ1) is 9.74. The van der Waals surface area contributed by atoms with Crippen molar-refractivity contribution < 1.29 is 4.74 Å². The largest absolute Gasteiger partial charge is 0.493 e. The lowest BCUT2D eigenvalue weighted by atomic mass is 9.84. The van der Waals surface area contributed by atoms with Gasteiger partial charge in [0, 0.05) is 5.92 Å². The summed E-state index contributed by atoms with van der Waals surface area (Å²) in [4.78, 5) is 2.52. The van der Waals surface area contributed by atoms with Crippen LogP contribution in [0.25, 0.3) is 0 Å². The number of nitrogens with two attached hydrogens (primary N) is 1. The summed E-state index contributed by atoms with van der Waals surface area (Å²) in [5.74, 6) is 2.19. The van der Waals surface area contributed by atoms with Crippen molar-refractivity contribution in [3.05, 3.63) is 29.8 Å². The Morgan fingerprint density at radius 3 is 2.60 bits per heavy atom. The smallest absolute Gasteiger partial charge is 0.122 e. The Morgan fingerprint density at radius 2 is 2.00 bits per heavy atom. The molecule has 1 unspecified atom stereocenters. The van der Waals surface area contributed by atoms with E-state index in [1.54, 1.807) is 0 Å². The number of nitrogens with zero attached hydrogens (tertiary/aromatic N) is 1. The van der Waals surface area contributed by atoms with Gasteiger partial charge in [-0.15, -0.1) is 0 Å². The van der Waals surface area contributed by atoms with Crippen molar-refractivity contribution in [3.8, 4) is 5.75 Å². The minimum Gasteiger partial charge on any atom is -0.493 e. The van der Waals surface area contributed by atoms with Crippen LogP contribution in [0.15, 0.2) is 24.3 Å². The molecule has 1 heterocycles. The van der Waals surface area contributed by atoms with Crippen molar-refractivity contribution in [2.24, 2.45) is 17.6 Å². The summed E-state index contributed by atoms with van der Waals surface area (Å²) in [7, 11) is 0. The average Bonchev–Trinajstić information content (AvgIpc) is 2.50. The van der Waals surface area contributed by atoms with Crippen molar-refractivity contribution in [2.45, 2.75) is 26.7 Å². The highest BCUT2D eigenvalue weighted by atomic mass is 16.5. The Labute approximate surface area is 123 Å². The van der Waals surface area contributed by atoms with E-state index in [0.29, 0.717) is 11.8 Å². The van der Waals surface area contributed by atoms with Gasteiger partial charge in [0.1, 0.15) is 5.75 Å². The second-order valence-corrected chi connectivity index (χ2v) is 5.84. The Bertz CT molecular complexity index is 400. The van der Waals surface area contributed by atoms with Crippen molar-refractivity contribution in [1.29, 1.82) is 0 Å². The van der Waals surface area contributed by atoms with Crippen molar-refractivity contribution >= 4 is 0 Å². The van der Waals surface area contributed by atoms with Gasteiger partial charge < -0.3 is 15.4 Å². The van der Waals surface area contributed by atoms with Crippen LogP contribution in [-0.2, 0) is 0 Å². The van der Waals surface area contributed by atoms with E-state index in [-0.39, 0.29) is 0 Å². The van der Waals surface area contributed by atoms with Gasteiger partial charge >= 0.3 is 0 Å². The molecular formula is C17H28N2O. The first-order valence-electron chi connectivity index (χ1n) is 7.85. The quantitative estimate of drug-likeness (QED) is 0.868. The molecule has 1 aromatic carbocycles. The fraction of sp³-hybridized carbons (Fsp3) is 0.647. The van der Waals surface area contributed by atoms with E-state index in [1.807, 2.05) is 18.2 Å². The topological polar surface area (TPSA) is 38.5 Å². The average molecular weight is 276 g/mol. The van der Waals surface area contributed by atoms with Gasteiger partial charge in [-0.25, -0.2) is 0 Å². The van der Waals surface area contributed by atoms with Crippen molar-refractivity contribution in [1.82, 2.24) is 4.90 Å². The molecule has 3 nitrogen and oxygen atoms in total. The van der Waals surface area contributed by atoms with Crippen LogP contribution in [0.2, 0.25) is 0 Å². The Kier molecular flexibility index (Phi) is 5.86. The van der Waals surface area contributed by atoms with Gasteiger partial charge in [0.2, 0.25) is 0 Å². The third-order valence-electron chi connectivity index (χ3n) is 4.60. The second kappa shape index (κ2) is 7.65. The molecule has 1 aliphatic rings. The van der Waals surface area contributed by atoms with Crippen LogP contribution in [0.5, 0.6) is 5.75 Å². The molecular weight excluding hydrogens is 248 g/mol. The van der Waals surface area contributed by atoms with Gasteiger partial charge in [-0.3, -0.25) is 0 Å². The zero-order valence-corrected chi connectivity index (χ0v) is 12.8. The highest BCUT2D eigenvalue weighted by Crippen LogP contribution is 2.26. The molecule has 2 N–H and O–H groups in total. The van der Waals surface area contributed by atoms with E-state index < -0.39 is 0 Å². The number of likely N-dealkylation sites (tertiary alicyclic amines) is 1. The SMILES string of the molecule is CCN1CCC(C(CN)COc2ccccc2C)CC1. The van der Waals surface area contributed by atoms with Crippen molar-refractivity contribution in [2.75, 3.05) is 32.8 Å². The number of aryl methyl sites for hydroxylation is 1. The first-order valence-corrected chi connectivity index (χ1v) is 7.85. The fourth-order valence-electron chi connectivity index (χ4n) is 3.05. The molecule has 0 amide bonds. The normalized spacial score (nSPS) is 18.9. The van der Waals surface area contributed by atoms with Gasteiger partial charge in [-0.1, -0.05) is 25.1 Å². The lowest BCUT2D eigenvalue weighted by Gasteiger charge is -2.35. The van der Waals surface area contributed by atoms with E-state index >= 15 is 0 Å². The maximum Gasteiger partial charge on any atom is 0.122 e. The summed E-state index contributed by atoms with van der Waals surface area (Å²) >= 11 is 0. The van der Waals surface area contributed by atoms with Gasteiger partial charge in [0.15, 0.2) is 0 Å². The number of benzene rings is 1. The third-order valence-corrected chi connectivity index (χ3v) is 4.60. The fourth-order valence-corrected chi connectivity index (χ4v) is 3.05. The van der Waals surface area contributed by atoms with Gasteiger partial charge in [-0.05, 0) is 63.5 Å². The predicted molar refractivity (Wildman–Crippen MR) is 84.1 cm³/mol. The third kappa shape index (κ3) is 3.97. The molecule has 0 radical (unpaired) electrons. The molecule has 20 heavy (non-hydrogen) atoms. The number of piperidine rings is 1. The highest BCUT2D eigenvalue weighted by molar-refractivity contribution is 5.31. The molecule has 0 aromatic heterocycles. The van der Waals surface area contributed by atoms with E-state index in [0.717, 1.165) is 18.9 Å². The van der Waals surface area contributed by atoms with Crippen LogP contribution in [0.1, 0.15) is 25.3 Å². The number of rotatable bonds is 6. The second-order valence-electron chi connectivity index (χ2n) is 5.84. The highest BCUT2D eigenvalue weighted by Gasteiger charge is 2.25. The molecule has 0 bridgehead atoms. The summed E-state index contributed by atoms with van der Waals surface area (Å²) in [6.07, 6.45) is 2.51. The predicted octanol–water partition coefficient (Wildman–Crippen LogP) is 2.68. The molecule has 112 valence electrons. The van der Waals surface area contributed by atoms with Crippen LogP contribution >= 0.6 is 0 Å². The number of para-hydroxylation sites is 1. The molecule has 1 atom stereocenters. The van der Waals surface area contributed by atoms with Crippen LogP contribution in [0, 0.1) is 18.8 Å². The lowest BCUT2D eigenvalue weighted by molar-refractivity contribution is 0.121.